The number of nitrogens with one attached hydrogen (secondary N) is 2. The standard InChI is InChI=1S/C10H11F3N6O2/c1-9(10(11,12)13)7(20)19(8(21)17-9)4-5-2-16-6(18-14)3-15-5/h2-3H,4,14H2,1H3,(H,16,18)(H,17,21). The number of rotatable bonds is 3. The van der Waals surface area contributed by atoms with Crippen LogP contribution in [0.1, 0.15) is 12.6 Å². The van der Waals surface area contributed by atoms with Gasteiger partial charge < -0.3 is 10.7 Å². The van der Waals surface area contributed by atoms with Gasteiger partial charge in [0.25, 0.3) is 5.91 Å². The van der Waals surface area contributed by atoms with Crippen molar-refractivity contribution in [3.8, 4) is 0 Å². The zero-order valence-electron chi connectivity index (χ0n) is 10.7. The summed E-state index contributed by atoms with van der Waals surface area (Å²) < 4.78 is 38.6. The summed E-state index contributed by atoms with van der Waals surface area (Å²) in [4.78, 5) is 31.5. The van der Waals surface area contributed by atoms with Gasteiger partial charge in [0.1, 0.15) is 0 Å². The Hall–Kier alpha value is -2.43. The first kappa shape index (κ1) is 15.0. The molecule has 1 aliphatic heterocycles. The maximum absolute atomic E-state index is 12.9. The van der Waals surface area contributed by atoms with Crippen LogP contribution in [-0.2, 0) is 11.3 Å². The van der Waals surface area contributed by atoms with Crippen molar-refractivity contribution in [3.63, 3.8) is 0 Å². The number of alkyl halides is 3. The van der Waals surface area contributed by atoms with Crippen LogP contribution >= 0.6 is 0 Å². The number of amides is 3. The number of carbonyl (C=O) groups excluding carboxylic acids is 2. The lowest BCUT2D eigenvalue weighted by molar-refractivity contribution is -0.191. The van der Waals surface area contributed by atoms with Crippen LogP contribution in [0, 0.1) is 0 Å². The number of nitrogen functional groups attached to an aromatic ring is 1. The Labute approximate surface area is 116 Å². The number of urea groups is 1. The van der Waals surface area contributed by atoms with Crippen LogP contribution in [0.25, 0.3) is 0 Å². The molecule has 1 aromatic heterocycles. The molecule has 8 nitrogen and oxygen atoms in total. The number of hydrazine groups is 1. The third-order valence-electron chi connectivity index (χ3n) is 3.02. The van der Waals surface area contributed by atoms with E-state index < -0.39 is 30.2 Å². The summed E-state index contributed by atoms with van der Waals surface area (Å²) in [6.07, 6.45) is -2.48. The Morgan fingerprint density at radius 3 is 2.48 bits per heavy atom. The van der Waals surface area contributed by atoms with Crippen LogP contribution in [0.15, 0.2) is 12.4 Å². The topological polar surface area (TPSA) is 113 Å². The molecule has 2 heterocycles. The summed E-state index contributed by atoms with van der Waals surface area (Å²) >= 11 is 0. The lowest BCUT2D eigenvalue weighted by Crippen LogP contribution is -2.56. The van der Waals surface area contributed by atoms with E-state index in [-0.39, 0.29) is 11.5 Å². The van der Waals surface area contributed by atoms with E-state index in [0.29, 0.717) is 11.8 Å². The van der Waals surface area contributed by atoms with Crippen molar-refractivity contribution in [3.05, 3.63) is 18.1 Å². The van der Waals surface area contributed by atoms with Gasteiger partial charge in [-0.15, -0.1) is 0 Å². The molecule has 0 bridgehead atoms. The van der Waals surface area contributed by atoms with Gasteiger partial charge in [-0.05, 0) is 6.92 Å². The minimum atomic E-state index is -4.90. The van der Waals surface area contributed by atoms with Crippen molar-refractivity contribution in [2.24, 2.45) is 5.84 Å². The SMILES string of the molecule is CC1(C(F)(F)F)NC(=O)N(Cc2cnc(NN)cn2)C1=O. The summed E-state index contributed by atoms with van der Waals surface area (Å²) in [5, 5.41) is 1.64. The lowest BCUT2D eigenvalue weighted by Gasteiger charge is -2.24. The number of hydrogen-bond acceptors (Lipinski definition) is 6. The van der Waals surface area contributed by atoms with Crippen molar-refractivity contribution in [1.29, 1.82) is 0 Å². The first-order valence-electron chi connectivity index (χ1n) is 5.67. The average Bonchev–Trinajstić information content (AvgIpc) is 2.64. The zero-order chi connectivity index (χ0) is 15.8. The van der Waals surface area contributed by atoms with Gasteiger partial charge in [0.15, 0.2) is 5.82 Å². The van der Waals surface area contributed by atoms with E-state index in [2.05, 4.69) is 15.4 Å². The van der Waals surface area contributed by atoms with Crippen molar-refractivity contribution < 1.29 is 22.8 Å². The molecular formula is C10H11F3N6O2. The number of nitrogens with zero attached hydrogens (tertiary/aromatic N) is 3. The molecule has 0 aromatic carbocycles. The van der Waals surface area contributed by atoms with E-state index in [1.807, 2.05) is 0 Å². The third kappa shape index (κ3) is 2.46. The maximum Gasteiger partial charge on any atom is 0.420 e. The second-order valence-corrected chi connectivity index (χ2v) is 4.48. The fourth-order valence-electron chi connectivity index (χ4n) is 1.71. The monoisotopic (exact) mass is 304 g/mol. The number of hydrogen-bond donors (Lipinski definition) is 3. The molecule has 1 aromatic rings. The summed E-state index contributed by atoms with van der Waals surface area (Å²) in [7, 11) is 0. The van der Waals surface area contributed by atoms with Crippen LogP contribution < -0.4 is 16.6 Å². The van der Waals surface area contributed by atoms with Crippen LogP contribution in [-0.4, -0.2) is 38.5 Å². The highest BCUT2D eigenvalue weighted by Crippen LogP contribution is 2.35. The van der Waals surface area contributed by atoms with E-state index in [4.69, 9.17) is 5.84 Å². The molecule has 0 radical (unpaired) electrons. The van der Waals surface area contributed by atoms with E-state index in [0.717, 1.165) is 0 Å². The molecule has 1 aliphatic rings. The van der Waals surface area contributed by atoms with Crippen molar-refractivity contribution in [1.82, 2.24) is 20.2 Å². The Morgan fingerprint density at radius 2 is 2.05 bits per heavy atom. The smallest absolute Gasteiger partial charge is 0.316 e. The number of anilines is 1. The van der Waals surface area contributed by atoms with Crippen molar-refractivity contribution >= 4 is 17.8 Å². The van der Waals surface area contributed by atoms with E-state index in [1.165, 1.54) is 12.4 Å². The molecule has 4 N–H and O–H groups in total. The van der Waals surface area contributed by atoms with Gasteiger partial charge in [-0.1, -0.05) is 0 Å². The highest BCUT2D eigenvalue weighted by molar-refractivity contribution is 6.07. The predicted molar refractivity (Wildman–Crippen MR) is 63.4 cm³/mol. The fourth-order valence-corrected chi connectivity index (χ4v) is 1.71. The van der Waals surface area contributed by atoms with E-state index in [9.17, 15) is 22.8 Å². The molecule has 114 valence electrons. The van der Waals surface area contributed by atoms with Gasteiger partial charge in [0.2, 0.25) is 5.54 Å². The number of imide groups is 1. The molecule has 1 saturated heterocycles. The molecule has 0 saturated carbocycles. The van der Waals surface area contributed by atoms with Gasteiger partial charge in [-0.25, -0.2) is 15.6 Å². The second kappa shape index (κ2) is 4.84. The highest BCUT2D eigenvalue weighted by Gasteiger charge is 2.64. The minimum absolute atomic E-state index is 0.143. The van der Waals surface area contributed by atoms with Crippen LogP contribution in [0.3, 0.4) is 0 Å². The summed E-state index contributed by atoms with van der Waals surface area (Å²) in [6, 6.07) is -1.14. The summed E-state index contributed by atoms with van der Waals surface area (Å²) in [6.45, 7) is 0.189. The molecule has 1 unspecified atom stereocenters. The number of aromatic nitrogens is 2. The molecule has 0 aliphatic carbocycles. The zero-order valence-corrected chi connectivity index (χ0v) is 10.7. The van der Waals surface area contributed by atoms with Crippen LogP contribution in [0.4, 0.5) is 23.8 Å². The molecule has 1 atom stereocenters. The van der Waals surface area contributed by atoms with Crippen molar-refractivity contribution in [2.75, 3.05) is 5.43 Å². The lowest BCUT2D eigenvalue weighted by atomic mass is 10.0. The normalized spacial score (nSPS) is 22.4. The Morgan fingerprint density at radius 1 is 1.38 bits per heavy atom. The first-order chi connectivity index (χ1) is 9.69. The Balaban J connectivity index is 2.21. The first-order valence-corrected chi connectivity index (χ1v) is 5.67. The van der Waals surface area contributed by atoms with Crippen LogP contribution in [0.2, 0.25) is 0 Å². The summed E-state index contributed by atoms with van der Waals surface area (Å²) in [5.74, 6) is 3.93. The molecule has 21 heavy (non-hydrogen) atoms. The fraction of sp³-hybridized carbons (Fsp3) is 0.400. The molecule has 1 fully saturated rings. The molecular weight excluding hydrogens is 293 g/mol. The average molecular weight is 304 g/mol. The Bertz CT molecular complexity index is 575. The number of halogens is 3. The van der Waals surface area contributed by atoms with Gasteiger partial charge in [0, 0.05) is 0 Å². The summed E-state index contributed by atoms with van der Waals surface area (Å²) in [5.41, 5.74) is -0.576. The van der Waals surface area contributed by atoms with Gasteiger partial charge in [0.05, 0.1) is 24.6 Å². The van der Waals surface area contributed by atoms with Gasteiger partial charge in [-0.3, -0.25) is 14.7 Å². The number of carbonyl (C=O) groups is 2. The molecule has 3 amide bonds. The van der Waals surface area contributed by atoms with E-state index in [1.54, 1.807) is 5.32 Å². The number of nitrogens with two attached hydrogens (primary N) is 1. The molecule has 2 rings (SSSR count). The second-order valence-electron chi connectivity index (χ2n) is 4.48. The molecule has 0 spiro atoms. The molecule has 11 heteroatoms. The maximum atomic E-state index is 12.9. The quantitative estimate of drug-likeness (QED) is 0.416. The van der Waals surface area contributed by atoms with Gasteiger partial charge in [-0.2, -0.15) is 13.2 Å². The van der Waals surface area contributed by atoms with Gasteiger partial charge >= 0.3 is 12.2 Å². The highest BCUT2D eigenvalue weighted by atomic mass is 19.4. The third-order valence-corrected chi connectivity index (χ3v) is 3.02. The Kier molecular flexibility index (Phi) is 3.45. The van der Waals surface area contributed by atoms with Crippen molar-refractivity contribution in [2.45, 2.75) is 25.2 Å². The van der Waals surface area contributed by atoms with Crippen LogP contribution in [0.5, 0.6) is 0 Å². The largest absolute Gasteiger partial charge is 0.420 e. The van der Waals surface area contributed by atoms with E-state index >= 15 is 0 Å². The minimum Gasteiger partial charge on any atom is -0.316 e. The predicted octanol–water partition coefficient (Wildman–Crippen LogP) is 0.135.